The van der Waals surface area contributed by atoms with Crippen molar-refractivity contribution in [3.8, 4) is 5.75 Å². The monoisotopic (exact) mass is 349 g/mol. The lowest BCUT2D eigenvalue weighted by Gasteiger charge is -2.15. The summed E-state index contributed by atoms with van der Waals surface area (Å²) < 4.78 is 10.6. The molecule has 0 bridgehead atoms. The van der Waals surface area contributed by atoms with E-state index in [4.69, 9.17) is 21.1 Å². The lowest BCUT2D eigenvalue weighted by molar-refractivity contribution is -0.134. The molecule has 1 amide bonds. The van der Waals surface area contributed by atoms with E-state index in [0.29, 0.717) is 18.2 Å². The van der Waals surface area contributed by atoms with Gasteiger partial charge in [-0.25, -0.2) is 0 Å². The van der Waals surface area contributed by atoms with Crippen molar-refractivity contribution < 1.29 is 14.3 Å². The number of hydrogen-bond acceptors (Lipinski definition) is 4. The lowest BCUT2D eigenvalue weighted by Crippen LogP contribution is -2.31. The summed E-state index contributed by atoms with van der Waals surface area (Å²) in [5, 5.41) is 8.05. The summed E-state index contributed by atoms with van der Waals surface area (Å²) in [6.45, 7) is 1.97. The first-order valence-electron chi connectivity index (χ1n) is 7.85. The summed E-state index contributed by atoms with van der Waals surface area (Å²) >= 11 is 5.85. The number of likely N-dealkylation sites (tertiary alicyclic amines) is 1. The summed E-state index contributed by atoms with van der Waals surface area (Å²) in [6, 6.07) is 9.25. The Balaban J connectivity index is 1.54. The fourth-order valence-electron chi connectivity index (χ4n) is 2.80. The highest BCUT2D eigenvalue weighted by Gasteiger charge is 2.28. The maximum atomic E-state index is 11.9. The predicted octanol–water partition coefficient (Wildman–Crippen LogP) is 2.60. The summed E-state index contributed by atoms with van der Waals surface area (Å²) in [4.78, 5) is 13.7. The summed E-state index contributed by atoms with van der Waals surface area (Å²) in [6.07, 6.45) is 0.914. The van der Waals surface area contributed by atoms with Gasteiger partial charge in [-0.15, -0.1) is 0 Å². The van der Waals surface area contributed by atoms with Crippen molar-refractivity contribution in [1.82, 2.24) is 15.1 Å². The van der Waals surface area contributed by atoms with Crippen molar-refractivity contribution >= 4 is 17.5 Å². The van der Waals surface area contributed by atoms with E-state index in [-0.39, 0.29) is 18.4 Å². The molecule has 2 heterocycles. The SMILES string of the molecule is COCC(=O)N1CC[C@@H](c2cc(COc3ccc(Cl)cc3)[nH]n2)C1. The Labute approximate surface area is 145 Å². The van der Waals surface area contributed by atoms with Crippen molar-refractivity contribution in [3.05, 3.63) is 46.7 Å². The average Bonchev–Trinajstić information content (AvgIpc) is 3.24. The molecule has 0 unspecified atom stereocenters. The molecule has 3 rings (SSSR count). The topological polar surface area (TPSA) is 67.4 Å². The first-order chi connectivity index (χ1) is 11.7. The zero-order valence-electron chi connectivity index (χ0n) is 13.5. The van der Waals surface area contributed by atoms with E-state index in [1.807, 2.05) is 23.1 Å². The number of benzene rings is 1. The quantitative estimate of drug-likeness (QED) is 0.870. The first-order valence-corrected chi connectivity index (χ1v) is 8.23. The Hall–Kier alpha value is -2.05. The Morgan fingerprint density at radius 2 is 2.21 bits per heavy atom. The van der Waals surface area contributed by atoms with Gasteiger partial charge >= 0.3 is 0 Å². The number of H-pyrrole nitrogens is 1. The zero-order chi connectivity index (χ0) is 16.9. The third kappa shape index (κ3) is 4.07. The number of halogens is 1. The molecule has 6 nitrogen and oxygen atoms in total. The van der Waals surface area contributed by atoms with Gasteiger partial charge in [0, 0.05) is 31.1 Å². The molecular weight excluding hydrogens is 330 g/mol. The molecule has 1 N–H and O–H groups in total. The van der Waals surface area contributed by atoms with E-state index in [2.05, 4.69) is 10.2 Å². The van der Waals surface area contributed by atoms with Crippen molar-refractivity contribution in [2.45, 2.75) is 18.9 Å². The normalized spacial score (nSPS) is 17.2. The standard InChI is InChI=1S/C17H20ClN3O3/c1-23-11-17(22)21-7-6-12(9-21)16-8-14(19-20-16)10-24-15-4-2-13(18)3-5-15/h2-5,8,12H,6-7,9-11H2,1H3,(H,19,20)/t12-/m1/s1. The van der Waals surface area contributed by atoms with Gasteiger partial charge in [0.05, 0.1) is 11.4 Å². The van der Waals surface area contributed by atoms with Crippen LogP contribution in [0.25, 0.3) is 0 Å². The molecule has 7 heteroatoms. The van der Waals surface area contributed by atoms with Gasteiger partial charge < -0.3 is 14.4 Å². The highest BCUT2D eigenvalue weighted by atomic mass is 35.5. The molecule has 24 heavy (non-hydrogen) atoms. The Morgan fingerprint density at radius 3 is 2.96 bits per heavy atom. The maximum Gasteiger partial charge on any atom is 0.248 e. The zero-order valence-corrected chi connectivity index (χ0v) is 14.3. The fraction of sp³-hybridized carbons (Fsp3) is 0.412. The molecule has 1 aromatic heterocycles. The van der Waals surface area contributed by atoms with Crippen LogP contribution in [0.3, 0.4) is 0 Å². The van der Waals surface area contributed by atoms with Gasteiger partial charge in [0.15, 0.2) is 0 Å². The van der Waals surface area contributed by atoms with Crippen LogP contribution >= 0.6 is 11.6 Å². The smallest absolute Gasteiger partial charge is 0.248 e. The van der Waals surface area contributed by atoms with Crippen LogP contribution in [0.1, 0.15) is 23.7 Å². The number of carbonyl (C=O) groups is 1. The molecule has 0 spiro atoms. The van der Waals surface area contributed by atoms with Crippen LogP contribution in [0.4, 0.5) is 0 Å². The van der Waals surface area contributed by atoms with Crippen molar-refractivity contribution in [2.24, 2.45) is 0 Å². The van der Waals surface area contributed by atoms with Crippen molar-refractivity contribution in [1.29, 1.82) is 0 Å². The second-order valence-electron chi connectivity index (χ2n) is 5.82. The number of methoxy groups -OCH3 is 1. The average molecular weight is 350 g/mol. The first kappa shape index (κ1) is 16.8. The molecular formula is C17H20ClN3O3. The van der Waals surface area contributed by atoms with Gasteiger partial charge in [-0.05, 0) is 36.8 Å². The Kier molecular flexibility index (Phi) is 5.37. The number of nitrogens with zero attached hydrogens (tertiary/aromatic N) is 2. The number of carbonyl (C=O) groups excluding carboxylic acids is 1. The number of rotatable bonds is 6. The van der Waals surface area contributed by atoms with Gasteiger partial charge in [-0.1, -0.05) is 11.6 Å². The van der Waals surface area contributed by atoms with Crippen LogP contribution in [-0.4, -0.2) is 47.8 Å². The van der Waals surface area contributed by atoms with Gasteiger partial charge in [0.1, 0.15) is 19.0 Å². The number of hydrogen-bond donors (Lipinski definition) is 1. The molecule has 1 aliphatic heterocycles. The van der Waals surface area contributed by atoms with E-state index < -0.39 is 0 Å². The maximum absolute atomic E-state index is 11.9. The molecule has 1 aromatic carbocycles. The molecule has 1 saturated heterocycles. The van der Waals surface area contributed by atoms with Crippen LogP contribution in [0.15, 0.2) is 30.3 Å². The van der Waals surface area contributed by atoms with E-state index in [0.717, 1.165) is 30.1 Å². The lowest BCUT2D eigenvalue weighted by atomic mass is 10.1. The molecule has 1 fully saturated rings. The number of aromatic amines is 1. The molecule has 128 valence electrons. The van der Waals surface area contributed by atoms with Crippen LogP contribution in [0.2, 0.25) is 5.02 Å². The number of aromatic nitrogens is 2. The summed E-state index contributed by atoms with van der Waals surface area (Å²) in [7, 11) is 1.53. The third-order valence-electron chi connectivity index (χ3n) is 4.09. The minimum absolute atomic E-state index is 0.0295. The second kappa shape index (κ2) is 7.68. The largest absolute Gasteiger partial charge is 0.487 e. The van der Waals surface area contributed by atoms with Crippen LogP contribution in [-0.2, 0) is 16.1 Å². The minimum atomic E-state index is 0.0295. The Bertz CT molecular complexity index is 687. The fourth-order valence-corrected chi connectivity index (χ4v) is 2.92. The minimum Gasteiger partial charge on any atom is -0.487 e. The van der Waals surface area contributed by atoms with Crippen LogP contribution < -0.4 is 4.74 Å². The molecule has 1 aliphatic rings. The van der Waals surface area contributed by atoms with E-state index in [1.54, 1.807) is 12.1 Å². The molecule has 0 saturated carbocycles. The third-order valence-corrected chi connectivity index (χ3v) is 4.34. The molecule has 0 aliphatic carbocycles. The van der Waals surface area contributed by atoms with Crippen LogP contribution in [0.5, 0.6) is 5.75 Å². The van der Waals surface area contributed by atoms with Crippen molar-refractivity contribution in [2.75, 3.05) is 26.8 Å². The summed E-state index contributed by atoms with van der Waals surface area (Å²) in [5.41, 5.74) is 1.87. The van der Waals surface area contributed by atoms with Gasteiger partial charge in [-0.3, -0.25) is 9.89 Å². The van der Waals surface area contributed by atoms with Gasteiger partial charge in [0.2, 0.25) is 5.91 Å². The van der Waals surface area contributed by atoms with E-state index in [1.165, 1.54) is 7.11 Å². The van der Waals surface area contributed by atoms with Gasteiger partial charge in [0.25, 0.3) is 0 Å². The number of ether oxygens (including phenoxy) is 2. The van der Waals surface area contributed by atoms with Crippen LogP contribution in [0, 0.1) is 0 Å². The molecule has 2 aromatic rings. The van der Waals surface area contributed by atoms with E-state index >= 15 is 0 Å². The molecule has 0 radical (unpaired) electrons. The summed E-state index contributed by atoms with van der Waals surface area (Å²) in [5.74, 6) is 1.04. The highest BCUT2D eigenvalue weighted by molar-refractivity contribution is 6.30. The predicted molar refractivity (Wildman–Crippen MR) is 90.2 cm³/mol. The highest BCUT2D eigenvalue weighted by Crippen LogP contribution is 2.26. The number of amides is 1. The number of nitrogens with one attached hydrogen (secondary N) is 1. The van der Waals surface area contributed by atoms with Crippen molar-refractivity contribution in [3.63, 3.8) is 0 Å². The molecule has 1 atom stereocenters. The van der Waals surface area contributed by atoms with Gasteiger partial charge in [-0.2, -0.15) is 5.10 Å². The second-order valence-corrected chi connectivity index (χ2v) is 6.26. The van der Waals surface area contributed by atoms with E-state index in [9.17, 15) is 4.79 Å². The Morgan fingerprint density at radius 1 is 1.42 bits per heavy atom.